The van der Waals surface area contributed by atoms with Crippen LogP contribution in [-0.2, 0) is 4.74 Å². The van der Waals surface area contributed by atoms with Crippen molar-refractivity contribution in [3.63, 3.8) is 0 Å². The van der Waals surface area contributed by atoms with Crippen LogP contribution in [0.3, 0.4) is 0 Å². The third kappa shape index (κ3) is 9.94. The van der Waals surface area contributed by atoms with Crippen molar-refractivity contribution in [3.05, 3.63) is 12.0 Å². The van der Waals surface area contributed by atoms with Crippen LogP contribution in [0.5, 0.6) is 0 Å². The van der Waals surface area contributed by atoms with Crippen molar-refractivity contribution in [1.29, 1.82) is 0 Å². The van der Waals surface area contributed by atoms with Crippen LogP contribution in [-0.4, -0.2) is 5.60 Å². The minimum Gasteiger partial charge on any atom is -0.608 e. The minimum atomic E-state index is -0.358. The first-order chi connectivity index (χ1) is 4.45. The van der Waals surface area contributed by atoms with E-state index in [2.05, 4.69) is 0 Å². The number of hydrogen-bond donors (Lipinski definition) is 0. The molecule has 0 amide bonds. The second-order valence-corrected chi connectivity index (χ2v) is 3.15. The predicted octanol–water partition coefficient (Wildman–Crippen LogP) is -1.58. The van der Waals surface area contributed by atoms with Crippen molar-refractivity contribution in [2.75, 3.05) is 0 Å². The van der Waals surface area contributed by atoms with Crippen LogP contribution in [0, 0.1) is 0 Å². The Labute approximate surface area is 80.8 Å². The summed E-state index contributed by atoms with van der Waals surface area (Å²) in [5, 5.41) is 10.8. The summed E-state index contributed by atoms with van der Waals surface area (Å²) >= 11 is 0. The van der Waals surface area contributed by atoms with Gasteiger partial charge in [-0.15, -0.1) is 0 Å². The van der Waals surface area contributed by atoms with E-state index in [9.17, 15) is 5.11 Å². The number of allylic oxidation sites excluding steroid dienone is 1. The van der Waals surface area contributed by atoms with E-state index < -0.39 is 0 Å². The fourth-order valence-corrected chi connectivity index (χ4v) is 0.510. The summed E-state index contributed by atoms with van der Waals surface area (Å²) in [4.78, 5) is 0. The zero-order valence-corrected chi connectivity index (χ0v) is 8.10. The summed E-state index contributed by atoms with van der Waals surface area (Å²) in [5.74, 6) is -0.227. The van der Waals surface area contributed by atoms with Crippen LogP contribution in [0.15, 0.2) is 12.0 Å². The molecule has 60 valence electrons. The Hall–Kier alpha value is -0.0626. The van der Waals surface area contributed by atoms with E-state index in [4.69, 9.17) is 4.74 Å². The fraction of sp³-hybridized carbons (Fsp3) is 0.750. The molecule has 0 heterocycles. The Morgan fingerprint density at radius 2 is 1.91 bits per heavy atom. The van der Waals surface area contributed by atoms with Crippen LogP contribution in [0.2, 0.25) is 0 Å². The van der Waals surface area contributed by atoms with E-state index in [0.717, 1.165) is 6.42 Å². The molecule has 0 aromatic heterocycles. The van der Waals surface area contributed by atoms with Crippen molar-refractivity contribution in [3.8, 4) is 0 Å². The smallest absolute Gasteiger partial charge is 0.608 e. The predicted molar refractivity (Wildman–Crippen MR) is 39.2 cm³/mol. The molecular formula is C8H15LiO2. The molecule has 0 radical (unpaired) electrons. The largest absolute Gasteiger partial charge is 1.00 e. The van der Waals surface area contributed by atoms with Crippen LogP contribution in [0.25, 0.3) is 0 Å². The zero-order valence-electron chi connectivity index (χ0n) is 8.10. The van der Waals surface area contributed by atoms with Gasteiger partial charge in [-0.3, -0.25) is 0 Å². The van der Waals surface area contributed by atoms with Crippen LogP contribution < -0.4 is 24.0 Å². The molecule has 0 saturated heterocycles. The maximum absolute atomic E-state index is 10.8. The van der Waals surface area contributed by atoms with Crippen molar-refractivity contribution in [2.45, 2.75) is 39.7 Å². The van der Waals surface area contributed by atoms with Gasteiger partial charge < -0.3 is 9.84 Å². The molecule has 0 aromatic carbocycles. The van der Waals surface area contributed by atoms with Crippen molar-refractivity contribution in [1.82, 2.24) is 0 Å². The topological polar surface area (TPSA) is 32.3 Å². The van der Waals surface area contributed by atoms with Crippen molar-refractivity contribution < 1.29 is 28.7 Å². The second-order valence-electron chi connectivity index (χ2n) is 3.15. The van der Waals surface area contributed by atoms with Gasteiger partial charge in [0.05, 0.1) is 0 Å². The fourth-order valence-electron chi connectivity index (χ4n) is 0.510. The molecule has 0 aliphatic carbocycles. The van der Waals surface area contributed by atoms with Gasteiger partial charge in [-0.1, -0.05) is 33.8 Å². The Bertz CT molecular complexity index is 125. The zero-order chi connectivity index (χ0) is 8.20. The quantitative estimate of drug-likeness (QED) is 0.351. The van der Waals surface area contributed by atoms with Crippen LogP contribution >= 0.6 is 0 Å². The molecule has 0 aromatic rings. The molecule has 2 nitrogen and oxygen atoms in total. The summed E-state index contributed by atoms with van der Waals surface area (Å²) in [6.45, 7) is 7.47. The van der Waals surface area contributed by atoms with Gasteiger partial charge in [0.15, 0.2) is 0 Å². The van der Waals surface area contributed by atoms with E-state index in [-0.39, 0.29) is 30.4 Å². The van der Waals surface area contributed by atoms with Crippen LogP contribution in [0.1, 0.15) is 34.1 Å². The molecule has 0 unspecified atom stereocenters. The van der Waals surface area contributed by atoms with Gasteiger partial charge in [-0.2, -0.15) is 0 Å². The summed E-state index contributed by atoms with van der Waals surface area (Å²) < 4.78 is 4.98. The summed E-state index contributed by atoms with van der Waals surface area (Å²) in [6.07, 6.45) is 2.26. The van der Waals surface area contributed by atoms with Gasteiger partial charge in [-0.05, 0) is 6.42 Å². The van der Waals surface area contributed by atoms with E-state index in [1.165, 1.54) is 6.08 Å². The first-order valence-electron chi connectivity index (χ1n) is 3.52. The van der Waals surface area contributed by atoms with E-state index in [1.54, 1.807) is 0 Å². The van der Waals surface area contributed by atoms with Crippen LogP contribution in [0.4, 0.5) is 0 Å². The number of rotatable bonds is 2. The van der Waals surface area contributed by atoms with E-state index >= 15 is 0 Å². The van der Waals surface area contributed by atoms with Crippen molar-refractivity contribution in [2.24, 2.45) is 0 Å². The number of ether oxygens (including phenoxy) is 1. The SMILES string of the molecule is CC/C=C(\[O-])OC(C)(C)C.[Li+]. The maximum atomic E-state index is 10.8. The molecule has 0 bridgehead atoms. The minimum absolute atomic E-state index is 0. The summed E-state index contributed by atoms with van der Waals surface area (Å²) in [7, 11) is 0. The molecule has 0 rings (SSSR count). The normalized spacial score (nSPS) is 12.2. The Morgan fingerprint density at radius 1 is 1.45 bits per heavy atom. The Balaban J connectivity index is 0. The summed E-state index contributed by atoms with van der Waals surface area (Å²) in [5.41, 5.74) is -0.358. The maximum Gasteiger partial charge on any atom is 1.00 e. The molecule has 3 heteroatoms. The van der Waals surface area contributed by atoms with E-state index in [0.29, 0.717) is 0 Å². The molecule has 0 atom stereocenters. The molecule has 0 N–H and O–H groups in total. The van der Waals surface area contributed by atoms with Gasteiger partial charge in [0.25, 0.3) is 0 Å². The molecule has 0 fully saturated rings. The molecule has 0 aliphatic heterocycles. The molecule has 0 spiro atoms. The van der Waals surface area contributed by atoms with Gasteiger partial charge in [0, 0.05) is 11.5 Å². The van der Waals surface area contributed by atoms with Gasteiger partial charge in [-0.25, -0.2) is 0 Å². The Kier molecular flexibility index (Phi) is 6.85. The average Bonchev–Trinajstić information content (AvgIpc) is 1.59. The monoisotopic (exact) mass is 150 g/mol. The first-order valence-corrected chi connectivity index (χ1v) is 3.52. The standard InChI is InChI=1S/C8H16O2.Li/c1-5-6-7(9)10-8(2,3)4;/h6,9H,5H2,1-4H3;/q;+1/p-1/b7-6+;. The Morgan fingerprint density at radius 3 is 2.18 bits per heavy atom. The third-order valence-electron chi connectivity index (χ3n) is 0.778. The second kappa shape index (κ2) is 5.57. The summed E-state index contributed by atoms with van der Waals surface area (Å²) in [6, 6.07) is 0. The first kappa shape index (κ1) is 13.5. The average molecular weight is 150 g/mol. The van der Waals surface area contributed by atoms with E-state index in [1.807, 2.05) is 27.7 Å². The molecule has 0 saturated carbocycles. The number of hydrogen-bond acceptors (Lipinski definition) is 2. The molecule has 11 heavy (non-hydrogen) atoms. The third-order valence-corrected chi connectivity index (χ3v) is 0.778. The molecular weight excluding hydrogens is 135 g/mol. The van der Waals surface area contributed by atoms with Crippen molar-refractivity contribution >= 4 is 0 Å². The molecule has 0 aliphatic rings. The van der Waals surface area contributed by atoms with Gasteiger partial charge in [0.1, 0.15) is 0 Å². The van der Waals surface area contributed by atoms with Gasteiger partial charge in [0.2, 0.25) is 0 Å². The van der Waals surface area contributed by atoms with Gasteiger partial charge >= 0.3 is 18.9 Å².